The van der Waals surface area contributed by atoms with E-state index >= 15 is 0 Å². The van der Waals surface area contributed by atoms with Gasteiger partial charge in [-0.25, -0.2) is 14.2 Å². The van der Waals surface area contributed by atoms with E-state index in [-0.39, 0.29) is 5.82 Å². The summed E-state index contributed by atoms with van der Waals surface area (Å²) in [5.41, 5.74) is 1.68. The van der Waals surface area contributed by atoms with Gasteiger partial charge >= 0.3 is 6.09 Å². The van der Waals surface area contributed by atoms with Crippen molar-refractivity contribution in [2.24, 2.45) is 0 Å². The lowest BCUT2D eigenvalue weighted by molar-refractivity contribution is 0.0635. The zero-order chi connectivity index (χ0) is 16.2. The Morgan fingerprint density at radius 1 is 1.27 bits per heavy atom. The normalized spacial score (nSPS) is 10.5. The molecule has 0 fully saturated rings. The molecule has 0 aliphatic heterocycles. The molecule has 1 N–H and O–H groups in total. The van der Waals surface area contributed by atoms with Crippen LogP contribution in [0.2, 0.25) is 0 Å². The number of carbonyl (C=O) groups is 1. The number of aromatic nitrogens is 1. The van der Waals surface area contributed by atoms with Crippen LogP contribution in [0.3, 0.4) is 0 Å². The third-order valence-electron chi connectivity index (χ3n) is 2.35. The zero-order valence-corrected chi connectivity index (χ0v) is 13.3. The monoisotopic (exact) mass is 318 g/mol. The first kappa shape index (κ1) is 16.0. The predicted octanol–water partition coefficient (Wildman–Crippen LogP) is 4.03. The zero-order valence-electron chi connectivity index (χ0n) is 12.4. The summed E-state index contributed by atoms with van der Waals surface area (Å²) in [6.45, 7) is 5.34. The van der Waals surface area contributed by atoms with Crippen molar-refractivity contribution >= 4 is 23.2 Å². The minimum atomic E-state index is -0.583. The molecule has 22 heavy (non-hydrogen) atoms. The van der Waals surface area contributed by atoms with Gasteiger partial charge in [0.15, 0.2) is 5.82 Å². The van der Waals surface area contributed by atoms with E-state index in [4.69, 9.17) is 4.74 Å². The van der Waals surface area contributed by atoms with E-state index in [2.05, 4.69) is 22.1 Å². The number of halogens is 1. The predicted molar refractivity (Wildman–Crippen MR) is 84.4 cm³/mol. The van der Waals surface area contributed by atoms with E-state index in [0.29, 0.717) is 16.3 Å². The standard InChI is InChI=1S/C16H15FN2O2S/c1-16(2,3)21-15(20)19-14-13(22-10-18-14)9-6-11-4-7-12(17)8-5-11/h4-5,7-8,10H,1-3H3,(H,19,20). The van der Waals surface area contributed by atoms with E-state index < -0.39 is 11.7 Å². The van der Waals surface area contributed by atoms with Crippen LogP contribution in [0, 0.1) is 17.7 Å². The van der Waals surface area contributed by atoms with Crippen LogP contribution in [-0.2, 0) is 4.74 Å². The molecule has 1 amide bonds. The van der Waals surface area contributed by atoms with Gasteiger partial charge in [0.05, 0.1) is 5.51 Å². The van der Waals surface area contributed by atoms with Crippen molar-refractivity contribution in [3.63, 3.8) is 0 Å². The molecule has 0 spiro atoms. The average molecular weight is 318 g/mol. The molecule has 1 aromatic heterocycles. The quantitative estimate of drug-likeness (QED) is 0.808. The third kappa shape index (κ3) is 4.86. The molecule has 0 bridgehead atoms. The molecular formula is C16H15FN2O2S. The van der Waals surface area contributed by atoms with Gasteiger partial charge in [-0.3, -0.25) is 5.32 Å². The first-order valence-corrected chi connectivity index (χ1v) is 7.42. The van der Waals surface area contributed by atoms with Crippen molar-refractivity contribution in [2.45, 2.75) is 26.4 Å². The van der Waals surface area contributed by atoms with E-state index in [1.54, 1.807) is 38.4 Å². The molecule has 0 unspecified atom stereocenters. The van der Waals surface area contributed by atoms with Gasteiger partial charge in [-0.1, -0.05) is 5.92 Å². The maximum atomic E-state index is 12.8. The van der Waals surface area contributed by atoms with Gasteiger partial charge in [0.25, 0.3) is 0 Å². The summed E-state index contributed by atoms with van der Waals surface area (Å²) in [6, 6.07) is 5.86. The Bertz CT molecular complexity index is 721. The number of benzene rings is 1. The fourth-order valence-corrected chi connectivity index (χ4v) is 2.08. The van der Waals surface area contributed by atoms with E-state index in [0.717, 1.165) is 0 Å². The molecule has 0 aliphatic carbocycles. The number of carbonyl (C=O) groups excluding carboxylic acids is 1. The maximum absolute atomic E-state index is 12.8. The van der Waals surface area contributed by atoms with Crippen molar-refractivity contribution < 1.29 is 13.9 Å². The smallest absolute Gasteiger partial charge is 0.413 e. The highest BCUT2D eigenvalue weighted by atomic mass is 32.1. The van der Waals surface area contributed by atoms with Crippen LogP contribution in [0.5, 0.6) is 0 Å². The van der Waals surface area contributed by atoms with E-state index in [1.165, 1.54) is 23.5 Å². The first-order valence-electron chi connectivity index (χ1n) is 6.54. The van der Waals surface area contributed by atoms with Crippen LogP contribution in [0.25, 0.3) is 0 Å². The highest BCUT2D eigenvalue weighted by Gasteiger charge is 2.17. The topological polar surface area (TPSA) is 51.2 Å². The van der Waals surface area contributed by atoms with Gasteiger partial charge in [0.2, 0.25) is 0 Å². The Kier molecular flexibility index (Phi) is 4.78. The molecule has 1 aromatic carbocycles. The van der Waals surface area contributed by atoms with Gasteiger partial charge in [0, 0.05) is 5.56 Å². The number of nitrogens with one attached hydrogen (secondary N) is 1. The Labute approximate surface area is 132 Å². The average Bonchev–Trinajstić information content (AvgIpc) is 2.83. The minimum Gasteiger partial charge on any atom is -0.444 e. The number of amides is 1. The minimum absolute atomic E-state index is 0.310. The lowest BCUT2D eigenvalue weighted by atomic mass is 10.2. The number of nitrogens with zero attached hydrogens (tertiary/aromatic N) is 1. The summed E-state index contributed by atoms with van der Waals surface area (Å²) in [7, 11) is 0. The second-order valence-corrected chi connectivity index (χ2v) is 6.27. The van der Waals surface area contributed by atoms with Gasteiger partial charge in [-0.05, 0) is 51.0 Å². The lowest BCUT2D eigenvalue weighted by Gasteiger charge is -2.19. The largest absolute Gasteiger partial charge is 0.444 e. The van der Waals surface area contributed by atoms with E-state index in [9.17, 15) is 9.18 Å². The second-order valence-electron chi connectivity index (χ2n) is 5.41. The third-order valence-corrected chi connectivity index (χ3v) is 3.09. The molecular weight excluding hydrogens is 303 g/mol. The second kappa shape index (κ2) is 6.58. The molecule has 2 aromatic rings. The molecule has 0 saturated heterocycles. The fourth-order valence-electron chi connectivity index (χ4n) is 1.49. The van der Waals surface area contributed by atoms with Gasteiger partial charge in [0.1, 0.15) is 16.3 Å². The summed E-state index contributed by atoms with van der Waals surface area (Å²) < 4.78 is 18.0. The number of hydrogen-bond acceptors (Lipinski definition) is 4. The van der Waals surface area contributed by atoms with E-state index in [1.807, 2.05) is 0 Å². The van der Waals surface area contributed by atoms with Crippen molar-refractivity contribution in [1.82, 2.24) is 4.98 Å². The molecule has 6 heteroatoms. The summed E-state index contributed by atoms with van der Waals surface area (Å²) in [6.07, 6.45) is -0.580. The maximum Gasteiger partial charge on any atom is 0.413 e. The highest BCUT2D eigenvalue weighted by Crippen LogP contribution is 2.18. The lowest BCUT2D eigenvalue weighted by Crippen LogP contribution is -2.27. The molecule has 4 nitrogen and oxygen atoms in total. The van der Waals surface area contributed by atoms with Crippen LogP contribution >= 0.6 is 11.3 Å². The molecule has 2 rings (SSSR count). The van der Waals surface area contributed by atoms with Crippen LogP contribution in [0.1, 0.15) is 31.2 Å². The molecule has 0 atom stereocenters. The molecule has 0 aliphatic rings. The number of hydrogen-bond donors (Lipinski definition) is 1. The number of rotatable bonds is 1. The van der Waals surface area contributed by atoms with Crippen molar-refractivity contribution in [1.29, 1.82) is 0 Å². The fraction of sp³-hybridized carbons (Fsp3) is 0.250. The Morgan fingerprint density at radius 3 is 2.59 bits per heavy atom. The summed E-state index contributed by atoms with van der Waals surface area (Å²) >= 11 is 1.30. The van der Waals surface area contributed by atoms with Crippen LogP contribution < -0.4 is 5.32 Å². The van der Waals surface area contributed by atoms with Crippen LogP contribution in [0.15, 0.2) is 29.8 Å². The number of ether oxygens (including phenoxy) is 1. The molecule has 0 radical (unpaired) electrons. The Balaban J connectivity index is 2.10. The van der Waals surface area contributed by atoms with Crippen molar-refractivity contribution in [3.05, 3.63) is 46.0 Å². The molecule has 114 valence electrons. The summed E-state index contributed by atoms with van der Waals surface area (Å²) in [5, 5.41) is 2.57. The Hall–Kier alpha value is -2.39. The number of anilines is 1. The highest BCUT2D eigenvalue weighted by molar-refractivity contribution is 7.10. The van der Waals surface area contributed by atoms with Crippen molar-refractivity contribution in [3.8, 4) is 11.8 Å². The summed E-state index contributed by atoms with van der Waals surface area (Å²) in [4.78, 5) is 16.4. The van der Waals surface area contributed by atoms with Crippen LogP contribution in [-0.4, -0.2) is 16.7 Å². The number of thiazole rings is 1. The Morgan fingerprint density at radius 2 is 1.95 bits per heavy atom. The molecule has 1 heterocycles. The van der Waals surface area contributed by atoms with Crippen molar-refractivity contribution in [2.75, 3.05) is 5.32 Å². The van der Waals surface area contributed by atoms with Gasteiger partial charge < -0.3 is 4.74 Å². The van der Waals surface area contributed by atoms with Gasteiger partial charge in [-0.15, -0.1) is 11.3 Å². The summed E-state index contributed by atoms with van der Waals surface area (Å²) in [5.74, 6) is 5.85. The SMILES string of the molecule is CC(C)(C)OC(=O)Nc1ncsc1C#Cc1ccc(F)cc1. The molecule has 0 saturated carbocycles. The van der Waals surface area contributed by atoms with Crippen LogP contribution in [0.4, 0.5) is 15.0 Å². The first-order chi connectivity index (χ1) is 10.3. The van der Waals surface area contributed by atoms with Gasteiger partial charge in [-0.2, -0.15) is 0 Å².